The molecule has 0 aromatic heterocycles. The van der Waals surface area contributed by atoms with Crippen LogP contribution in [0.2, 0.25) is 0 Å². The largest absolute Gasteiger partial charge is 0.465 e. The highest BCUT2D eigenvalue weighted by Gasteiger charge is 2.52. The Kier molecular flexibility index (Phi) is 7.91. The lowest BCUT2D eigenvalue weighted by molar-refractivity contribution is -0.134. The minimum absolute atomic E-state index is 0.0720. The number of methoxy groups -OCH3 is 1. The highest BCUT2D eigenvalue weighted by Crippen LogP contribution is 2.35. The van der Waals surface area contributed by atoms with Gasteiger partial charge in [0.05, 0.1) is 31.0 Å². The maximum atomic E-state index is 13.4. The van der Waals surface area contributed by atoms with Gasteiger partial charge in [0.15, 0.2) is 5.11 Å². The first kappa shape index (κ1) is 24.9. The molecule has 1 unspecified atom stereocenters. The number of esters is 1. The lowest BCUT2D eigenvalue weighted by atomic mass is 9.95. The topological polar surface area (TPSA) is 100 Å². The number of likely N-dealkylation sites (tertiary alicyclic amines) is 1. The van der Waals surface area contributed by atoms with Crippen molar-refractivity contribution in [1.82, 2.24) is 20.4 Å². The number of alkyl carbamates (subject to hydrolysis) is 1. The summed E-state index contributed by atoms with van der Waals surface area (Å²) in [6.07, 6.45) is 0.758. The Labute approximate surface area is 199 Å². The van der Waals surface area contributed by atoms with Gasteiger partial charge in [-0.25, -0.2) is 9.59 Å². The number of hydrogen-bond acceptors (Lipinski definition) is 7. The normalized spacial score (nSPS) is 19.7. The number of rotatable bonds is 5. The average molecular weight is 477 g/mol. The van der Waals surface area contributed by atoms with E-state index in [0.717, 1.165) is 5.56 Å². The summed E-state index contributed by atoms with van der Waals surface area (Å²) in [6, 6.07) is 6.86. The molecule has 0 saturated carbocycles. The molecular weight excluding hydrogens is 444 g/mol. The third kappa shape index (κ3) is 5.44. The van der Waals surface area contributed by atoms with E-state index < -0.39 is 17.7 Å². The zero-order valence-electron chi connectivity index (χ0n) is 19.6. The SMILES string of the molecule is CCOC(=O)NC(=S)N1CCC2(CC1)NC(C(C)C)C(=O)N2Cc1ccc(C(=O)OC)cc1. The molecule has 0 radical (unpaired) electrons. The van der Waals surface area contributed by atoms with Crippen LogP contribution >= 0.6 is 12.2 Å². The van der Waals surface area contributed by atoms with Crippen molar-refractivity contribution in [1.29, 1.82) is 0 Å². The smallest absolute Gasteiger partial charge is 0.413 e. The fraction of sp³-hybridized carbons (Fsp3) is 0.565. The summed E-state index contributed by atoms with van der Waals surface area (Å²) in [5, 5.41) is 6.53. The number of amides is 2. The van der Waals surface area contributed by atoms with Crippen molar-refractivity contribution in [2.24, 2.45) is 5.92 Å². The highest BCUT2D eigenvalue weighted by molar-refractivity contribution is 7.80. The van der Waals surface area contributed by atoms with Crippen LogP contribution in [0.15, 0.2) is 24.3 Å². The molecule has 33 heavy (non-hydrogen) atoms. The first-order valence-corrected chi connectivity index (χ1v) is 11.6. The molecule has 10 heteroatoms. The van der Waals surface area contributed by atoms with Crippen molar-refractivity contribution in [2.75, 3.05) is 26.8 Å². The van der Waals surface area contributed by atoms with Gasteiger partial charge >= 0.3 is 12.1 Å². The first-order chi connectivity index (χ1) is 15.7. The fourth-order valence-electron chi connectivity index (χ4n) is 4.36. The number of ether oxygens (including phenoxy) is 2. The zero-order chi connectivity index (χ0) is 24.2. The monoisotopic (exact) mass is 476 g/mol. The van der Waals surface area contributed by atoms with Crippen LogP contribution in [-0.2, 0) is 20.8 Å². The molecule has 180 valence electrons. The molecular formula is C23H32N4O5S. The van der Waals surface area contributed by atoms with Gasteiger partial charge in [0.25, 0.3) is 0 Å². The lowest BCUT2D eigenvalue weighted by Gasteiger charge is -2.45. The van der Waals surface area contributed by atoms with Gasteiger partial charge < -0.3 is 19.3 Å². The predicted molar refractivity (Wildman–Crippen MR) is 126 cm³/mol. The first-order valence-electron chi connectivity index (χ1n) is 11.2. The molecule has 2 aliphatic rings. The number of thiocarbonyl (C=S) groups is 1. The van der Waals surface area contributed by atoms with Crippen LogP contribution in [0.1, 0.15) is 49.5 Å². The summed E-state index contributed by atoms with van der Waals surface area (Å²) in [7, 11) is 1.35. The summed E-state index contributed by atoms with van der Waals surface area (Å²) in [4.78, 5) is 40.6. The van der Waals surface area contributed by atoms with E-state index in [1.54, 1.807) is 19.1 Å². The number of benzene rings is 1. The van der Waals surface area contributed by atoms with Crippen LogP contribution in [-0.4, -0.2) is 71.4 Å². The number of nitrogens with one attached hydrogen (secondary N) is 2. The number of carbonyl (C=O) groups is 3. The predicted octanol–water partition coefficient (Wildman–Crippen LogP) is 2.25. The second kappa shape index (κ2) is 10.5. The van der Waals surface area contributed by atoms with Crippen LogP contribution in [0.25, 0.3) is 0 Å². The van der Waals surface area contributed by atoms with Crippen molar-refractivity contribution < 1.29 is 23.9 Å². The molecule has 2 saturated heterocycles. The minimum atomic E-state index is -0.561. The molecule has 2 amide bonds. The molecule has 2 fully saturated rings. The molecule has 0 bridgehead atoms. The van der Waals surface area contributed by atoms with Gasteiger partial charge in [-0.15, -0.1) is 0 Å². The summed E-state index contributed by atoms with van der Waals surface area (Å²) < 4.78 is 9.67. The van der Waals surface area contributed by atoms with Gasteiger partial charge in [-0.05, 0) is 42.8 Å². The Balaban J connectivity index is 1.74. The van der Waals surface area contributed by atoms with Gasteiger partial charge in [0.1, 0.15) is 0 Å². The molecule has 1 atom stereocenters. The van der Waals surface area contributed by atoms with Crippen molar-refractivity contribution in [3.05, 3.63) is 35.4 Å². The van der Waals surface area contributed by atoms with Crippen molar-refractivity contribution >= 4 is 35.3 Å². The molecule has 1 spiro atoms. The second-order valence-electron chi connectivity index (χ2n) is 8.65. The van der Waals surface area contributed by atoms with E-state index in [1.165, 1.54) is 7.11 Å². The van der Waals surface area contributed by atoms with Gasteiger partial charge in [-0.2, -0.15) is 0 Å². The van der Waals surface area contributed by atoms with Gasteiger partial charge in [-0.1, -0.05) is 26.0 Å². The standard InChI is InChI=1S/C23H32N4O5S/c1-5-32-22(30)24-21(33)26-12-10-23(11-13-26)25-18(15(2)3)19(28)27(23)14-16-6-8-17(9-7-16)20(29)31-4/h6-9,15,18,25H,5,10-14H2,1-4H3,(H,24,30,33). The second-order valence-corrected chi connectivity index (χ2v) is 9.03. The van der Waals surface area contributed by atoms with Crippen molar-refractivity contribution in [2.45, 2.75) is 51.9 Å². The molecule has 2 N–H and O–H groups in total. The number of piperidine rings is 1. The van der Waals surface area contributed by atoms with Crippen LogP contribution in [0.3, 0.4) is 0 Å². The molecule has 1 aromatic carbocycles. The lowest BCUT2D eigenvalue weighted by Crippen LogP contribution is -2.60. The van der Waals surface area contributed by atoms with Crippen LogP contribution in [0.4, 0.5) is 4.79 Å². The maximum Gasteiger partial charge on any atom is 0.413 e. The molecule has 3 rings (SSSR count). The van der Waals surface area contributed by atoms with Crippen molar-refractivity contribution in [3.8, 4) is 0 Å². The van der Waals surface area contributed by atoms with E-state index in [2.05, 4.69) is 10.6 Å². The number of carbonyl (C=O) groups excluding carboxylic acids is 3. The number of hydrogen-bond donors (Lipinski definition) is 2. The van der Waals surface area contributed by atoms with Gasteiger partial charge in [0.2, 0.25) is 5.91 Å². The Hall–Kier alpha value is -2.72. The molecule has 1 aromatic rings. The van der Waals surface area contributed by atoms with Gasteiger partial charge in [-0.3, -0.25) is 15.4 Å². The highest BCUT2D eigenvalue weighted by atomic mass is 32.1. The third-order valence-electron chi connectivity index (χ3n) is 6.22. The molecule has 2 heterocycles. The molecule has 0 aliphatic carbocycles. The van der Waals surface area contributed by atoms with E-state index in [4.69, 9.17) is 21.7 Å². The summed E-state index contributed by atoms with van der Waals surface area (Å²) in [5.41, 5.74) is 0.907. The van der Waals surface area contributed by atoms with Crippen LogP contribution < -0.4 is 10.6 Å². The Morgan fingerprint density at radius 1 is 1.24 bits per heavy atom. The Bertz CT molecular complexity index is 897. The minimum Gasteiger partial charge on any atom is -0.465 e. The Morgan fingerprint density at radius 3 is 2.42 bits per heavy atom. The summed E-state index contributed by atoms with van der Waals surface area (Å²) in [5.74, 6) is -0.176. The van der Waals surface area contributed by atoms with E-state index in [9.17, 15) is 14.4 Å². The van der Waals surface area contributed by atoms with E-state index in [-0.39, 0.29) is 24.5 Å². The summed E-state index contributed by atoms with van der Waals surface area (Å²) in [6.45, 7) is 7.69. The Morgan fingerprint density at radius 2 is 1.88 bits per heavy atom. The van der Waals surface area contributed by atoms with E-state index in [1.807, 2.05) is 35.8 Å². The molecule has 9 nitrogen and oxygen atoms in total. The van der Waals surface area contributed by atoms with Crippen molar-refractivity contribution in [3.63, 3.8) is 0 Å². The fourth-order valence-corrected chi connectivity index (χ4v) is 4.63. The average Bonchev–Trinajstić information content (AvgIpc) is 3.06. The maximum absolute atomic E-state index is 13.4. The van der Waals surface area contributed by atoms with E-state index in [0.29, 0.717) is 43.2 Å². The zero-order valence-corrected chi connectivity index (χ0v) is 20.4. The van der Waals surface area contributed by atoms with Crippen LogP contribution in [0, 0.1) is 5.92 Å². The quantitative estimate of drug-likeness (QED) is 0.493. The van der Waals surface area contributed by atoms with E-state index >= 15 is 0 Å². The van der Waals surface area contributed by atoms with Gasteiger partial charge in [0, 0.05) is 32.5 Å². The molecule has 2 aliphatic heterocycles. The number of nitrogens with zero attached hydrogens (tertiary/aromatic N) is 2. The van der Waals surface area contributed by atoms with Crippen LogP contribution in [0.5, 0.6) is 0 Å². The third-order valence-corrected chi connectivity index (χ3v) is 6.58. The summed E-state index contributed by atoms with van der Waals surface area (Å²) >= 11 is 5.37.